The Balaban J connectivity index is 2.42. The fourth-order valence-electron chi connectivity index (χ4n) is 2.11. The number of hydrogen-bond acceptors (Lipinski definition) is 7. The number of pyridine rings is 1. The second kappa shape index (κ2) is 9.65. The first-order chi connectivity index (χ1) is 13.9. The van der Waals surface area contributed by atoms with Crippen LogP contribution in [0.4, 0.5) is 10.2 Å². The molecular weight excluding hydrogens is 464 g/mol. The Morgan fingerprint density at radius 2 is 1.97 bits per heavy atom. The van der Waals surface area contributed by atoms with Crippen LogP contribution in [0.15, 0.2) is 23.1 Å². The molecule has 0 radical (unpaired) electrons. The van der Waals surface area contributed by atoms with Gasteiger partial charge in [0.25, 0.3) is 0 Å². The zero-order valence-corrected chi connectivity index (χ0v) is 18.1. The minimum absolute atomic E-state index is 0.0236. The van der Waals surface area contributed by atoms with Gasteiger partial charge in [-0.15, -0.1) is 0 Å². The van der Waals surface area contributed by atoms with Gasteiger partial charge in [-0.1, -0.05) is 37.0 Å². The van der Waals surface area contributed by atoms with Crippen molar-refractivity contribution in [3.05, 3.63) is 34.2 Å². The van der Waals surface area contributed by atoms with Gasteiger partial charge in [0.1, 0.15) is 33.0 Å². The largest absolute Gasteiger partial charge is 0.507 e. The lowest BCUT2D eigenvalue weighted by molar-refractivity contribution is -0.134. The van der Waals surface area contributed by atoms with Gasteiger partial charge in [-0.2, -0.15) is 9.37 Å². The first-order valence-corrected chi connectivity index (χ1v) is 10.7. The van der Waals surface area contributed by atoms with E-state index in [1.165, 1.54) is 6.07 Å². The zero-order valence-electron chi connectivity index (χ0n) is 15.7. The van der Waals surface area contributed by atoms with E-state index in [4.69, 9.17) is 33.0 Å². The third-order valence-electron chi connectivity index (χ3n) is 3.53. The van der Waals surface area contributed by atoms with E-state index in [2.05, 4.69) is 15.0 Å². The number of aliphatic carboxylic acids is 1. The van der Waals surface area contributed by atoms with Gasteiger partial charge in [0.15, 0.2) is 11.6 Å². The summed E-state index contributed by atoms with van der Waals surface area (Å²) in [5, 5.41) is 20.1. The van der Waals surface area contributed by atoms with Gasteiger partial charge in [-0.25, -0.2) is 13.1 Å². The highest BCUT2D eigenvalue weighted by atomic mass is 35.5. The molecule has 2 aromatic rings. The van der Waals surface area contributed by atoms with Crippen LogP contribution < -0.4 is 14.8 Å². The number of ether oxygens (including phenoxy) is 1. The number of nitrogens with zero attached hydrogens (tertiary/aromatic N) is 1. The van der Waals surface area contributed by atoms with Crippen molar-refractivity contribution in [2.75, 3.05) is 18.4 Å². The molecule has 1 aromatic heterocycles. The molecule has 164 valence electrons. The highest BCUT2D eigenvalue weighted by molar-refractivity contribution is 7.89. The highest BCUT2D eigenvalue weighted by Gasteiger charge is 2.23. The van der Waals surface area contributed by atoms with Gasteiger partial charge in [0.2, 0.25) is 16.0 Å². The van der Waals surface area contributed by atoms with Gasteiger partial charge in [-0.05, 0) is 18.1 Å². The molecule has 0 saturated heterocycles. The molecule has 0 unspecified atom stereocenters. The SMILES string of the molecule is CC(C)CNS(=O)(=O)c1cc(Oc2c(Cl)c(F)nc(NCC(=O)O)c2Cl)ccc1O. The van der Waals surface area contributed by atoms with Crippen molar-refractivity contribution in [3.8, 4) is 17.2 Å². The van der Waals surface area contributed by atoms with Crippen molar-refractivity contribution in [3.63, 3.8) is 0 Å². The third kappa shape index (κ3) is 5.85. The van der Waals surface area contributed by atoms with Crippen molar-refractivity contribution in [2.45, 2.75) is 18.7 Å². The Hall–Kier alpha value is -2.34. The normalized spacial score (nSPS) is 11.5. The molecule has 30 heavy (non-hydrogen) atoms. The lowest BCUT2D eigenvalue weighted by atomic mass is 10.2. The van der Waals surface area contributed by atoms with Crippen molar-refractivity contribution in [1.29, 1.82) is 0 Å². The minimum Gasteiger partial charge on any atom is -0.507 e. The molecule has 0 fully saturated rings. The zero-order chi connectivity index (χ0) is 22.6. The van der Waals surface area contributed by atoms with Gasteiger partial charge in [-0.3, -0.25) is 4.79 Å². The molecule has 0 saturated carbocycles. The topological polar surface area (TPSA) is 138 Å². The molecule has 1 heterocycles. The Morgan fingerprint density at radius 3 is 2.57 bits per heavy atom. The van der Waals surface area contributed by atoms with Crippen LogP contribution in [0.3, 0.4) is 0 Å². The molecule has 1 aromatic carbocycles. The van der Waals surface area contributed by atoms with E-state index in [1.807, 2.05) is 0 Å². The number of phenols is 1. The Labute approximate surface area is 181 Å². The molecule has 0 amide bonds. The first-order valence-electron chi connectivity index (χ1n) is 8.43. The number of benzene rings is 1. The molecule has 2 rings (SSSR count). The number of aromatic hydroxyl groups is 1. The molecule has 9 nitrogen and oxygen atoms in total. The molecule has 0 atom stereocenters. The summed E-state index contributed by atoms with van der Waals surface area (Å²) < 4.78 is 46.7. The second-order valence-corrected chi connectivity index (χ2v) is 8.92. The number of carboxylic acid groups (broad SMARTS) is 1. The number of anilines is 1. The van der Waals surface area contributed by atoms with Gasteiger partial charge in [0.05, 0.1) is 0 Å². The average Bonchev–Trinajstić information content (AvgIpc) is 2.66. The lowest BCUT2D eigenvalue weighted by Crippen LogP contribution is -2.27. The molecule has 0 spiro atoms. The molecule has 4 N–H and O–H groups in total. The van der Waals surface area contributed by atoms with E-state index in [9.17, 15) is 22.7 Å². The maximum absolute atomic E-state index is 14.0. The first kappa shape index (κ1) is 23.9. The van der Waals surface area contributed by atoms with Gasteiger partial charge >= 0.3 is 5.97 Å². The average molecular weight is 482 g/mol. The van der Waals surface area contributed by atoms with Crippen molar-refractivity contribution >= 4 is 45.0 Å². The summed E-state index contributed by atoms with van der Waals surface area (Å²) in [7, 11) is -4.07. The van der Waals surface area contributed by atoms with Gasteiger partial charge < -0.3 is 20.3 Å². The van der Waals surface area contributed by atoms with Crippen LogP contribution in [0.2, 0.25) is 10.0 Å². The molecule has 0 aliphatic rings. The van der Waals surface area contributed by atoms with E-state index in [1.54, 1.807) is 13.8 Å². The van der Waals surface area contributed by atoms with Crippen molar-refractivity contribution in [2.24, 2.45) is 5.92 Å². The summed E-state index contributed by atoms with van der Waals surface area (Å²) in [6, 6.07) is 3.29. The summed E-state index contributed by atoms with van der Waals surface area (Å²) >= 11 is 11.9. The maximum Gasteiger partial charge on any atom is 0.322 e. The predicted octanol–water partition coefficient (Wildman–Crippen LogP) is 3.46. The van der Waals surface area contributed by atoms with E-state index >= 15 is 0 Å². The minimum atomic E-state index is -4.07. The Morgan fingerprint density at radius 1 is 1.30 bits per heavy atom. The number of carboxylic acids is 1. The maximum atomic E-state index is 14.0. The van der Waals surface area contributed by atoms with Crippen LogP contribution >= 0.6 is 23.2 Å². The van der Waals surface area contributed by atoms with Crippen molar-refractivity contribution in [1.82, 2.24) is 9.71 Å². The quantitative estimate of drug-likeness (QED) is 0.399. The van der Waals surface area contributed by atoms with Crippen LogP contribution in [-0.2, 0) is 14.8 Å². The summed E-state index contributed by atoms with van der Waals surface area (Å²) in [5.41, 5.74) is 0. The summed E-state index contributed by atoms with van der Waals surface area (Å²) in [6.07, 6.45) is 0. The molecule has 0 aliphatic carbocycles. The highest BCUT2D eigenvalue weighted by Crippen LogP contribution is 2.42. The van der Waals surface area contributed by atoms with Crippen molar-refractivity contribution < 1.29 is 32.6 Å². The molecular formula is C17H18Cl2FN3O6S. The van der Waals surface area contributed by atoms with Crippen LogP contribution in [0.25, 0.3) is 0 Å². The number of rotatable bonds is 9. The number of nitrogens with one attached hydrogen (secondary N) is 2. The van der Waals surface area contributed by atoms with E-state index in [0.717, 1.165) is 12.1 Å². The lowest BCUT2D eigenvalue weighted by Gasteiger charge is -2.15. The Bertz CT molecular complexity index is 1070. The summed E-state index contributed by atoms with van der Waals surface area (Å²) in [5.74, 6) is -3.81. The van der Waals surface area contributed by atoms with E-state index in [0.29, 0.717) is 0 Å². The number of halogens is 3. The van der Waals surface area contributed by atoms with Crippen LogP contribution in [0.5, 0.6) is 17.2 Å². The second-order valence-electron chi connectivity index (χ2n) is 6.43. The number of hydrogen-bond donors (Lipinski definition) is 4. The fraction of sp³-hybridized carbons (Fsp3) is 0.294. The fourth-order valence-corrected chi connectivity index (χ4v) is 3.89. The van der Waals surface area contributed by atoms with E-state index in [-0.39, 0.29) is 29.1 Å². The number of carbonyl (C=O) groups is 1. The van der Waals surface area contributed by atoms with Crippen LogP contribution in [-0.4, -0.2) is 42.7 Å². The number of sulfonamides is 1. The molecule has 13 heteroatoms. The monoisotopic (exact) mass is 481 g/mol. The Kier molecular flexibility index (Phi) is 7.70. The third-order valence-corrected chi connectivity index (χ3v) is 5.66. The smallest absolute Gasteiger partial charge is 0.322 e. The number of aromatic nitrogens is 1. The van der Waals surface area contributed by atoms with Gasteiger partial charge in [0, 0.05) is 12.6 Å². The van der Waals surface area contributed by atoms with Crippen LogP contribution in [0.1, 0.15) is 13.8 Å². The molecule has 0 aliphatic heterocycles. The number of phenolic OH excluding ortho intramolecular Hbond substituents is 1. The summed E-state index contributed by atoms with van der Waals surface area (Å²) in [4.78, 5) is 13.7. The summed E-state index contributed by atoms with van der Waals surface area (Å²) in [6.45, 7) is 3.15. The predicted molar refractivity (Wildman–Crippen MR) is 109 cm³/mol. The van der Waals surface area contributed by atoms with E-state index < -0.39 is 49.9 Å². The molecule has 0 bridgehead atoms. The van der Waals surface area contributed by atoms with Crippen LogP contribution in [0, 0.1) is 11.9 Å². The standard InChI is InChI=1S/C17H18Cl2FN3O6S/c1-8(2)6-22-30(27,28)11-5-9(3-4-10(11)24)29-15-13(18)16(20)23-17(14(15)19)21-7-12(25)26/h3-5,8,22,24H,6-7H2,1-2H3,(H,21,23)(H,25,26).